The molecule has 88 valence electrons. The van der Waals surface area contributed by atoms with Crippen molar-refractivity contribution in [2.24, 2.45) is 5.73 Å². The SMILES string of the molecule is C#CC(CC)NS(=O)(=O)c1ccc(CN)o1. The summed E-state index contributed by atoms with van der Waals surface area (Å²) < 4.78 is 30.9. The molecule has 5 nitrogen and oxygen atoms in total. The molecule has 0 saturated heterocycles. The lowest BCUT2D eigenvalue weighted by Crippen LogP contribution is -2.32. The largest absolute Gasteiger partial charge is 0.447 e. The van der Waals surface area contributed by atoms with Gasteiger partial charge in [-0.15, -0.1) is 6.42 Å². The molecule has 1 aromatic heterocycles. The fourth-order valence-corrected chi connectivity index (χ4v) is 2.28. The Morgan fingerprint density at radius 2 is 2.31 bits per heavy atom. The number of hydrogen-bond acceptors (Lipinski definition) is 4. The standard InChI is InChI=1S/C10H14N2O3S/c1-3-8(4-2)12-16(13,14)10-6-5-9(7-11)15-10/h1,5-6,8,12H,4,7,11H2,2H3. The maximum atomic E-state index is 11.7. The van der Waals surface area contributed by atoms with Gasteiger partial charge in [0.2, 0.25) is 5.09 Å². The van der Waals surface area contributed by atoms with E-state index < -0.39 is 16.1 Å². The minimum absolute atomic E-state index is 0.155. The Hall–Kier alpha value is -1.29. The van der Waals surface area contributed by atoms with Crippen molar-refractivity contribution >= 4 is 10.0 Å². The first-order chi connectivity index (χ1) is 7.53. The van der Waals surface area contributed by atoms with Crippen LogP contribution in [0.2, 0.25) is 0 Å². The molecule has 0 radical (unpaired) electrons. The van der Waals surface area contributed by atoms with Gasteiger partial charge in [-0.3, -0.25) is 0 Å². The van der Waals surface area contributed by atoms with Gasteiger partial charge >= 0.3 is 0 Å². The quantitative estimate of drug-likeness (QED) is 0.733. The molecule has 1 unspecified atom stereocenters. The summed E-state index contributed by atoms with van der Waals surface area (Å²) in [5, 5.41) is -0.165. The molecular weight excluding hydrogens is 228 g/mol. The van der Waals surface area contributed by atoms with E-state index in [1.54, 1.807) is 6.92 Å². The van der Waals surface area contributed by atoms with Gasteiger partial charge < -0.3 is 10.2 Å². The van der Waals surface area contributed by atoms with Gasteiger partial charge in [0.15, 0.2) is 0 Å². The number of terminal acetylenes is 1. The molecular formula is C10H14N2O3S. The van der Waals surface area contributed by atoms with Crippen molar-refractivity contribution in [1.82, 2.24) is 4.72 Å². The van der Waals surface area contributed by atoms with E-state index in [0.717, 1.165) is 0 Å². The van der Waals surface area contributed by atoms with Gasteiger partial charge in [0, 0.05) is 0 Å². The van der Waals surface area contributed by atoms with Crippen molar-refractivity contribution in [1.29, 1.82) is 0 Å². The van der Waals surface area contributed by atoms with Crippen LogP contribution in [0.15, 0.2) is 21.6 Å². The predicted molar refractivity (Wildman–Crippen MR) is 59.8 cm³/mol. The molecule has 0 aliphatic rings. The zero-order valence-electron chi connectivity index (χ0n) is 8.93. The second-order valence-corrected chi connectivity index (χ2v) is 4.82. The highest BCUT2D eigenvalue weighted by Crippen LogP contribution is 2.13. The molecule has 1 aromatic rings. The highest BCUT2D eigenvalue weighted by atomic mass is 32.2. The van der Waals surface area contributed by atoms with Gasteiger partial charge in [-0.1, -0.05) is 12.8 Å². The molecule has 0 aromatic carbocycles. The first-order valence-corrected chi connectivity index (χ1v) is 6.29. The van der Waals surface area contributed by atoms with Gasteiger partial charge in [-0.05, 0) is 18.6 Å². The van der Waals surface area contributed by atoms with Crippen LogP contribution in [0.25, 0.3) is 0 Å². The molecule has 0 aliphatic heterocycles. The van der Waals surface area contributed by atoms with E-state index >= 15 is 0 Å². The van der Waals surface area contributed by atoms with E-state index in [9.17, 15) is 8.42 Å². The third-order valence-electron chi connectivity index (χ3n) is 2.01. The Morgan fingerprint density at radius 1 is 1.62 bits per heavy atom. The molecule has 3 N–H and O–H groups in total. The monoisotopic (exact) mass is 242 g/mol. The summed E-state index contributed by atoms with van der Waals surface area (Å²) in [5.41, 5.74) is 5.32. The maximum absolute atomic E-state index is 11.7. The third-order valence-corrected chi connectivity index (χ3v) is 3.35. The smallest absolute Gasteiger partial charge is 0.275 e. The van der Waals surface area contributed by atoms with Gasteiger partial charge in [-0.25, -0.2) is 8.42 Å². The van der Waals surface area contributed by atoms with Crippen molar-refractivity contribution in [2.45, 2.75) is 31.0 Å². The van der Waals surface area contributed by atoms with Crippen molar-refractivity contribution < 1.29 is 12.8 Å². The zero-order chi connectivity index (χ0) is 12.2. The second-order valence-electron chi connectivity index (χ2n) is 3.17. The normalized spacial score (nSPS) is 13.3. The van der Waals surface area contributed by atoms with Crippen molar-refractivity contribution in [3.63, 3.8) is 0 Å². The number of furan rings is 1. The average Bonchev–Trinajstić information content (AvgIpc) is 2.75. The molecule has 0 saturated carbocycles. The fraction of sp³-hybridized carbons (Fsp3) is 0.400. The third kappa shape index (κ3) is 2.85. The summed E-state index contributed by atoms with van der Waals surface area (Å²) in [6.45, 7) is 1.95. The topological polar surface area (TPSA) is 85.3 Å². The number of hydrogen-bond donors (Lipinski definition) is 2. The van der Waals surface area contributed by atoms with Crippen LogP contribution in [0.1, 0.15) is 19.1 Å². The molecule has 6 heteroatoms. The van der Waals surface area contributed by atoms with Crippen molar-refractivity contribution in [3.8, 4) is 12.3 Å². The van der Waals surface area contributed by atoms with Crippen molar-refractivity contribution in [3.05, 3.63) is 17.9 Å². The average molecular weight is 242 g/mol. The lowest BCUT2D eigenvalue weighted by atomic mass is 10.3. The highest BCUT2D eigenvalue weighted by Gasteiger charge is 2.21. The summed E-state index contributed by atoms with van der Waals surface area (Å²) in [6, 6.07) is 2.34. The highest BCUT2D eigenvalue weighted by molar-refractivity contribution is 7.89. The maximum Gasteiger partial charge on any atom is 0.275 e. The minimum atomic E-state index is -3.69. The first kappa shape index (κ1) is 12.8. The van der Waals surface area contributed by atoms with Crippen LogP contribution in [0.5, 0.6) is 0 Å². The van der Waals surface area contributed by atoms with E-state index in [4.69, 9.17) is 16.6 Å². The molecule has 1 heterocycles. The number of rotatable bonds is 5. The lowest BCUT2D eigenvalue weighted by molar-refractivity contribution is 0.411. The van der Waals surface area contributed by atoms with Crippen LogP contribution in [-0.2, 0) is 16.6 Å². The van der Waals surface area contributed by atoms with E-state index in [0.29, 0.717) is 12.2 Å². The molecule has 1 rings (SSSR count). The Morgan fingerprint density at radius 3 is 2.75 bits per heavy atom. The number of nitrogens with one attached hydrogen (secondary N) is 1. The molecule has 0 spiro atoms. The summed E-state index contributed by atoms with van der Waals surface area (Å²) >= 11 is 0. The van der Waals surface area contributed by atoms with Crippen LogP contribution in [0.3, 0.4) is 0 Å². The Kier molecular flexibility index (Phi) is 4.12. The lowest BCUT2D eigenvalue weighted by Gasteiger charge is -2.09. The fourth-order valence-electron chi connectivity index (χ4n) is 1.09. The Bertz CT molecular complexity index is 484. The minimum Gasteiger partial charge on any atom is -0.447 e. The summed E-state index contributed by atoms with van der Waals surface area (Å²) in [4.78, 5) is 0. The van der Waals surface area contributed by atoms with Gasteiger partial charge in [-0.2, -0.15) is 4.72 Å². The van der Waals surface area contributed by atoms with E-state index in [1.165, 1.54) is 12.1 Å². The zero-order valence-corrected chi connectivity index (χ0v) is 9.75. The summed E-state index contributed by atoms with van der Waals surface area (Å²) in [5.74, 6) is 2.75. The molecule has 0 fully saturated rings. The van der Waals surface area contributed by atoms with Crippen LogP contribution < -0.4 is 10.5 Å². The predicted octanol–water partition coefficient (Wildman–Crippen LogP) is 0.428. The van der Waals surface area contributed by atoms with Crippen LogP contribution in [0.4, 0.5) is 0 Å². The van der Waals surface area contributed by atoms with E-state index in [1.807, 2.05) is 0 Å². The Balaban J connectivity index is 2.90. The summed E-state index contributed by atoms with van der Waals surface area (Å²) in [6.07, 6.45) is 5.69. The van der Waals surface area contributed by atoms with Gasteiger partial charge in [0.25, 0.3) is 10.0 Å². The molecule has 0 aliphatic carbocycles. The molecule has 0 bridgehead atoms. The van der Waals surface area contributed by atoms with E-state index in [-0.39, 0.29) is 11.6 Å². The Labute approximate surface area is 95.1 Å². The number of nitrogens with two attached hydrogens (primary N) is 1. The van der Waals surface area contributed by atoms with Crippen LogP contribution in [0, 0.1) is 12.3 Å². The molecule has 0 amide bonds. The summed E-state index contributed by atoms with van der Waals surface area (Å²) in [7, 11) is -3.69. The van der Waals surface area contributed by atoms with Gasteiger partial charge in [0.05, 0.1) is 12.6 Å². The van der Waals surface area contributed by atoms with Crippen LogP contribution >= 0.6 is 0 Å². The molecule has 16 heavy (non-hydrogen) atoms. The molecule has 1 atom stereocenters. The first-order valence-electron chi connectivity index (χ1n) is 4.80. The second kappa shape index (κ2) is 5.16. The van der Waals surface area contributed by atoms with Crippen LogP contribution in [-0.4, -0.2) is 14.5 Å². The number of sulfonamides is 1. The van der Waals surface area contributed by atoms with Crippen molar-refractivity contribution in [2.75, 3.05) is 0 Å². The van der Waals surface area contributed by atoms with Gasteiger partial charge in [0.1, 0.15) is 5.76 Å². The van der Waals surface area contributed by atoms with E-state index in [2.05, 4.69) is 10.6 Å².